The van der Waals surface area contributed by atoms with Crippen LogP contribution in [0.15, 0.2) is 140 Å². The maximum absolute atomic E-state index is 6.37. The van der Waals surface area contributed by atoms with E-state index in [-0.39, 0.29) is 41.5 Å². The van der Waals surface area contributed by atoms with E-state index >= 15 is 0 Å². The van der Waals surface area contributed by atoms with Gasteiger partial charge in [0.2, 0.25) is 5.95 Å². The number of ether oxygens (including phenoxy) is 2. The molecular formula is C46H29N5O2PdPt. The van der Waals surface area contributed by atoms with Crippen molar-refractivity contribution in [3.63, 3.8) is 0 Å². The van der Waals surface area contributed by atoms with Gasteiger partial charge in [0.25, 0.3) is 0 Å². The number of nitrogens with zero attached hydrogens (tertiary/aromatic N) is 5. The molecular weight excluding hydrogens is 956 g/mol. The number of hydrogen-bond donors (Lipinski definition) is 0. The Morgan fingerprint density at radius 3 is 1.44 bits per heavy atom. The van der Waals surface area contributed by atoms with Gasteiger partial charge < -0.3 is 24.0 Å². The van der Waals surface area contributed by atoms with Gasteiger partial charge in [-0.15, -0.1) is 71.8 Å². The Balaban J connectivity index is 0.00000233. The molecule has 0 fully saturated rings. The van der Waals surface area contributed by atoms with Crippen LogP contribution in [-0.2, 0) is 41.5 Å². The first-order chi connectivity index (χ1) is 26.1. The molecule has 0 amide bonds. The molecule has 0 unspecified atom stereocenters. The zero-order chi connectivity index (χ0) is 35.7. The molecule has 0 radical (unpaired) electrons. The summed E-state index contributed by atoms with van der Waals surface area (Å²) in [5.41, 5.74) is 8.55. The Hall–Kier alpha value is -5.77. The first-order valence-electron chi connectivity index (χ1n) is 17.1. The molecule has 7 nitrogen and oxygen atoms in total. The molecule has 9 rings (SSSR count). The molecule has 0 spiro atoms. The third kappa shape index (κ3) is 7.63. The fraction of sp³-hybridized carbons (Fsp3) is 0.0435. The van der Waals surface area contributed by atoms with Crippen LogP contribution in [0.25, 0.3) is 61.4 Å². The predicted octanol–water partition coefficient (Wildman–Crippen LogP) is 10.8. The third-order valence-corrected chi connectivity index (χ3v) is 8.91. The minimum Gasteiger partial charge on any atom is -0.503 e. The van der Waals surface area contributed by atoms with Crippen molar-refractivity contribution in [1.82, 2.24) is 24.5 Å². The van der Waals surface area contributed by atoms with E-state index in [0.29, 0.717) is 28.9 Å². The minimum atomic E-state index is 0. The fourth-order valence-electron chi connectivity index (χ4n) is 6.56. The second-order valence-corrected chi connectivity index (χ2v) is 12.4. The largest absolute Gasteiger partial charge is 2.00 e. The van der Waals surface area contributed by atoms with Crippen molar-refractivity contribution in [3.05, 3.63) is 175 Å². The van der Waals surface area contributed by atoms with E-state index in [9.17, 15) is 0 Å². The van der Waals surface area contributed by atoms with Gasteiger partial charge >= 0.3 is 41.5 Å². The number of hydrogen-bond acceptors (Lipinski definition) is 6. The second kappa shape index (κ2) is 16.3. The molecule has 270 valence electrons. The molecule has 0 saturated heterocycles. The standard InChI is InChI=1S/C46H29N5O2.Pd.Pt/c1-30-45(32-12-4-3-5-13-32)31(2)50-46(49-30)51-43-28-37(52-35-16-10-14-33(26-35)41-18-6-8-24-47-41)20-22-39(43)40-23-21-38(29-44(40)51)53-36-17-11-15-34(27-36)42-19-7-9-25-48-42;;/h3-25H,1-2H3;;/q-4;2*+2. The van der Waals surface area contributed by atoms with Crippen LogP contribution in [0.4, 0.5) is 0 Å². The number of aromatic nitrogens is 5. The van der Waals surface area contributed by atoms with Crippen molar-refractivity contribution in [1.29, 1.82) is 0 Å². The van der Waals surface area contributed by atoms with Crippen molar-refractivity contribution in [2.24, 2.45) is 0 Å². The minimum absolute atomic E-state index is 0. The van der Waals surface area contributed by atoms with Gasteiger partial charge in [-0.05, 0) is 42.9 Å². The maximum Gasteiger partial charge on any atom is 2.00 e. The summed E-state index contributed by atoms with van der Waals surface area (Å²) >= 11 is 0. The Labute approximate surface area is 347 Å². The molecule has 0 aliphatic heterocycles. The predicted molar refractivity (Wildman–Crippen MR) is 206 cm³/mol. The van der Waals surface area contributed by atoms with E-state index in [0.717, 1.165) is 66.8 Å². The van der Waals surface area contributed by atoms with Crippen LogP contribution in [0.3, 0.4) is 0 Å². The molecule has 55 heavy (non-hydrogen) atoms. The number of fused-ring (bicyclic) bond motifs is 3. The normalized spacial score (nSPS) is 10.8. The summed E-state index contributed by atoms with van der Waals surface area (Å²) in [5, 5.41) is 1.88. The molecule has 0 N–H and O–H groups in total. The third-order valence-electron chi connectivity index (χ3n) is 8.91. The molecule has 0 aliphatic carbocycles. The summed E-state index contributed by atoms with van der Waals surface area (Å²) in [5.74, 6) is 2.63. The fourth-order valence-corrected chi connectivity index (χ4v) is 6.56. The average Bonchev–Trinajstić information content (AvgIpc) is 3.51. The number of aryl methyl sites for hydroxylation is 2. The quantitative estimate of drug-likeness (QED) is 0.112. The van der Waals surface area contributed by atoms with E-state index in [1.54, 1.807) is 12.4 Å². The van der Waals surface area contributed by atoms with Crippen molar-refractivity contribution in [3.8, 4) is 62.6 Å². The van der Waals surface area contributed by atoms with E-state index in [4.69, 9.17) is 19.4 Å². The zero-order valence-electron chi connectivity index (χ0n) is 29.5. The van der Waals surface area contributed by atoms with Crippen LogP contribution in [0, 0.1) is 38.1 Å². The summed E-state index contributed by atoms with van der Waals surface area (Å²) < 4.78 is 14.7. The molecule has 4 aromatic heterocycles. The second-order valence-electron chi connectivity index (χ2n) is 12.4. The molecule has 9 aromatic rings. The number of benzene rings is 5. The number of pyridine rings is 2. The van der Waals surface area contributed by atoms with Crippen molar-refractivity contribution in [2.75, 3.05) is 0 Å². The molecule has 9 heteroatoms. The van der Waals surface area contributed by atoms with Crippen LogP contribution < -0.4 is 9.47 Å². The van der Waals surface area contributed by atoms with E-state index in [1.165, 1.54) is 0 Å². The average molecular weight is 985 g/mol. The molecule has 0 aliphatic rings. The maximum atomic E-state index is 6.37. The van der Waals surface area contributed by atoms with Gasteiger partial charge in [0.1, 0.15) is 0 Å². The van der Waals surface area contributed by atoms with Gasteiger partial charge in [0, 0.05) is 41.0 Å². The zero-order valence-corrected chi connectivity index (χ0v) is 33.3. The van der Waals surface area contributed by atoms with Gasteiger partial charge in [-0.1, -0.05) is 77.8 Å². The van der Waals surface area contributed by atoms with Gasteiger partial charge in [-0.2, -0.15) is 22.9 Å². The number of rotatable bonds is 8. The van der Waals surface area contributed by atoms with Crippen LogP contribution in [-0.4, -0.2) is 24.5 Å². The van der Waals surface area contributed by atoms with E-state index < -0.39 is 0 Å². The molecule has 5 aromatic carbocycles. The van der Waals surface area contributed by atoms with E-state index in [1.807, 2.05) is 134 Å². The summed E-state index contributed by atoms with van der Waals surface area (Å²) in [6.07, 6.45) is 3.53. The Morgan fingerprint density at radius 2 is 0.964 bits per heavy atom. The Bertz CT molecular complexity index is 2600. The van der Waals surface area contributed by atoms with Crippen LogP contribution in [0.1, 0.15) is 11.4 Å². The molecule has 4 heterocycles. The first-order valence-corrected chi connectivity index (χ1v) is 17.1. The van der Waals surface area contributed by atoms with Gasteiger partial charge in [0.05, 0.1) is 11.4 Å². The first kappa shape index (κ1) is 37.5. The van der Waals surface area contributed by atoms with Crippen molar-refractivity contribution in [2.45, 2.75) is 13.8 Å². The molecule has 0 bridgehead atoms. The van der Waals surface area contributed by atoms with E-state index in [2.05, 4.69) is 46.4 Å². The summed E-state index contributed by atoms with van der Waals surface area (Å²) in [6, 6.07) is 54.9. The summed E-state index contributed by atoms with van der Waals surface area (Å²) in [7, 11) is 0. The summed E-state index contributed by atoms with van der Waals surface area (Å²) in [6.45, 7) is 4.03. The summed E-state index contributed by atoms with van der Waals surface area (Å²) in [4.78, 5) is 19.1. The van der Waals surface area contributed by atoms with Crippen LogP contribution in [0.5, 0.6) is 23.0 Å². The Morgan fingerprint density at radius 1 is 0.491 bits per heavy atom. The monoisotopic (exact) mass is 984 g/mol. The Kier molecular flexibility index (Phi) is 11.1. The SMILES string of the molecule is Cc1nc(-n2c3[c-]c(Oc4[c-]c(-c5ccccn5)ccc4)ccc3c3ccc(Oc4[c-]c(-c5ccccn5)ccc4)[c-]c32)nc(C)c1-c1ccccc1.[Pd+2].[Pt+2]. The van der Waals surface area contributed by atoms with Crippen LogP contribution in [0.2, 0.25) is 0 Å². The van der Waals surface area contributed by atoms with Crippen LogP contribution >= 0.6 is 0 Å². The molecule has 0 saturated carbocycles. The smallest absolute Gasteiger partial charge is 0.503 e. The van der Waals surface area contributed by atoms with Crippen molar-refractivity contribution < 1.29 is 51.0 Å². The van der Waals surface area contributed by atoms with Crippen molar-refractivity contribution >= 4 is 21.8 Å². The topological polar surface area (TPSA) is 75.0 Å². The van der Waals surface area contributed by atoms with Gasteiger partial charge in [-0.25, -0.2) is 9.97 Å². The molecule has 0 atom stereocenters. The van der Waals surface area contributed by atoms with Gasteiger partial charge in [0.15, 0.2) is 0 Å². The van der Waals surface area contributed by atoms with Gasteiger partial charge in [-0.3, -0.25) is 0 Å².